The smallest absolute Gasteiger partial charge is 0.345 e. The van der Waals surface area contributed by atoms with Gasteiger partial charge in [0.1, 0.15) is 70.6 Å². The first kappa shape index (κ1) is 70.3. The molecule has 0 aliphatic carbocycles. The van der Waals surface area contributed by atoms with Gasteiger partial charge < -0.3 is 38.0 Å². The number of carboxylic acids is 1. The number of nitriles is 1. The minimum absolute atomic E-state index is 0.0523. The van der Waals surface area contributed by atoms with E-state index < -0.39 is 54.6 Å². The van der Waals surface area contributed by atoms with Crippen LogP contribution in [0.5, 0.6) is 34.6 Å². The summed E-state index contributed by atoms with van der Waals surface area (Å²) in [6.45, 7) is 13.3. The summed E-state index contributed by atoms with van der Waals surface area (Å²) >= 11 is 8.81. The normalized spacial score (nSPS) is 12.5. The molecule has 0 unspecified atom stereocenters. The Morgan fingerprint density at radius 1 is 0.727 bits per heavy atom. The predicted molar refractivity (Wildman–Crippen MR) is 382 cm³/mol. The number of hydrogen-bond donors (Lipinski definition) is 1. The summed E-state index contributed by atoms with van der Waals surface area (Å²) in [5, 5.41) is 21.3. The lowest BCUT2D eigenvalue weighted by atomic mass is 9.80. The van der Waals surface area contributed by atoms with Crippen molar-refractivity contribution in [1.29, 1.82) is 5.26 Å². The number of hydrogen-bond acceptors (Lipinski definition) is 17. The van der Waals surface area contributed by atoms with Crippen LogP contribution in [0.1, 0.15) is 65.4 Å². The van der Waals surface area contributed by atoms with E-state index in [2.05, 4.69) is 49.9 Å². The second-order valence-electron chi connectivity index (χ2n) is 24.9. The molecular formula is C77H71ClFN5O12S2Si. The molecule has 0 amide bonds. The van der Waals surface area contributed by atoms with Crippen LogP contribution in [0.4, 0.5) is 4.39 Å². The molecule has 0 bridgehead atoms. The number of halogens is 2. The highest BCUT2D eigenvalue weighted by Crippen LogP contribution is 2.51. The standard InChI is InChI=1S/C77H71ClFN5O12S2Si/c1-48-19-34-62(35-20-48)98(87,88)93-46-61(45-92-77(53-16-11-10-12-17-53,54-23-29-58(89-6)30-24-54)55-25-31-59(90-7)32-26-55)94-66-38-36-63(49(2)70(66)78)68-69-73(82-47-83-74(69)97-71(68)50-21-27-56(79)28-22-50)95-67(75(85)86)42-52-41-60(96-99(8,9)76(3,4)5)33-37-65(52)91-44-57-39-40-81-72(84-57)64-18-14-13-15-51(64)43-80/h10-41,47,61,67H,42,44-46H2,1-9H3,(H,85,86)/t61-,67-/m1/s1. The molecule has 0 radical (unpaired) electrons. The van der Waals surface area contributed by atoms with Gasteiger partial charge in [-0.25, -0.2) is 29.1 Å². The Morgan fingerprint density at radius 2 is 1.36 bits per heavy atom. The van der Waals surface area contributed by atoms with Gasteiger partial charge in [0.25, 0.3) is 10.1 Å². The summed E-state index contributed by atoms with van der Waals surface area (Å²) in [6, 6.07) is 56.3. The van der Waals surface area contributed by atoms with Crippen molar-refractivity contribution in [1.82, 2.24) is 19.9 Å². The molecule has 1 N–H and O–H groups in total. The highest BCUT2D eigenvalue weighted by Gasteiger charge is 2.41. The molecule has 0 saturated carbocycles. The molecular weight excluding hydrogens is 1330 g/mol. The largest absolute Gasteiger partial charge is 0.543 e. The summed E-state index contributed by atoms with van der Waals surface area (Å²) in [4.78, 5) is 33.2. The van der Waals surface area contributed by atoms with Crippen LogP contribution in [-0.2, 0) is 42.5 Å². The van der Waals surface area contributed by atoms with E-state index in [0.717, 1.165) is 11.1 Å². The molecule has 17 nitrogen and oxygen atoms in total. The van der Waals surface area contributed by atoms with Gasteiger partial charge in [-0.3, -0.25) is 4.18 Å². The molecule has 3 heterocycles. The van der Waals surface area contributed by atoms with Crippen molar-refractivity contribution in [2.75, 3.05) is 27.4 Å². The Balaban J connectivity index is 0.977. The molecule has 0 fully saturated rings. The number of benzene rings is 8. The van der Waals surface area contributed by atoms with E-state index in [1.807, 2.05) is 85.8 Å². The first-order valence-electron chi connectivity index (χ1n) is 31.6. The molecule has 11 rings (SSSR count). The fraction of sp³-hybridized carbons (Fsp3) is 0.221. The van der Waals surface area contributed by atoms with Crippen LogP contribution in [0.25, 0.3) is 43.2 Å². The van der Waals surface area contributed by atoms with Gasteiger partial charge in [-0.2, -0.15) is 13.7 Å². The molecule has 0 saturated heterocycles. The van der Waals surface area contributed by atoms with E-state index >= 15 is 0 Å². The molecule has 0 aliphatic heterocycles. The highest BCUT2D eigenvalue weighted by molar-refractivity contribution is 7.86. The third-order valence-corrected chi connectivity index (χ3v) is 24.6. The van der Waals surface area contributed by atoms with Gasteiger partial charge in [-0.1, -0.05) is 135 Å². The van der Waals surface area contributed by atoms with Crippen LogP contribution >= 0.6 is 22.9 Å². The summed E-state index contributed by atoms with van der Waals surface area (Å²) in [7, 11) is -3.66. The molecule has 506 valence electrons. The fourth-order valence-corrected chi connectivity index (χ4v) is 14.3. The van der Waals surface area contributed by atoms with Crippen molar-refractivity contribution in [3.05, 3.63) is 256 Å². The maximum Gasteiger partial charge on any atom is 0.345 e. The Hall–Kier alpha value is -10.1. The zero-order valence-corrected chi connectivity index (χ0v) is 59.2. The van der Waals surface area contributed by atoms with Crippen molar-refractivity contribution in [3.8, 4) is 73.7 Å². The molecule has 11 aromatic rings. The van der Waals surface area contributed by atoms with E-state index in [1.54, 1.807) is 112 Å². The number of carboxylic acid groups (broad SMARTS) is 1. The van der Waals surface area contributed by atoms with E-state index in [9.17, 15) is 28.0 Å². The fourth-order valence-electron chi connectivity index (χ4n) is 11.0. The number of nitrogens with zero attached hydrogens (tertiary/aromatic N) is 5. The number of aromatic nitrogens is 4. The second-order valence-corrected chi connectivity index (χ2v) is 32.6. The molecule has 8 aromatic carbocycles. The number of carbonyl (C=O) groups is 1. The predicted octanol–water partition coefficient (Wildman–Crippen LogP) is 17.0. The quantitative estimate of drug-likeness (QED) is 0.0287. The third-order valence-electron chi connectivity index (χ3n) is 17.4. The number of ether oxygens (including phenoxy) is 6. The maximum atomic E-state index is 14.8. The van der Waals surface area contributed by atoms with Crippen LogP contribution in [-0.4, -0.2) is 87.4 Å². The Labute approximate surface area is 584 Å². The lowest BCUT2D eigenvalue weighted by Crippen LogP contribution is -2.43. The highest BCUT2D eigenvalue weighted by atomic mass is 35.5. The second kappa shape index (κ2) is 30.0. The third kappa shape index (κ3) is 15.6. The number of aryl methyl sites for hydroxylation is 1. The first-order chi connectivity index (χ1) is 47.5. The van der Waals surface area contributed by atoms with Crippen LogP contribution in [0, 0.1) is 31.0 Å². The Kier molecular flexibility index (Phi) is 21.3. The average molecular weight is 1410 g/mol. The van der Waals surface area contributed by atoms with Crippen molar-refractivity contribution >= 4 is 57.6 Å². The van der Waals surface area contributed by atoms with Gasteiger partial charge in [0.05, 0.1) is 53.5 Å². The van der Waals surface area contributed by atoms with Gasteiger partial charge in [0, 0.05) is 34.2 Å². The summed E-state index contributed by atoms with van der Waals surface area (Å²) in [6.07, 6.45) is -0.163. The van der Waals surface area contributed by atoms with Crippen LogP contribution in [0.15, 0.2) is 205 Å². The van der Waals surface area contributed by atoms with Crippen molar-refractivity contribution in [3.63, 3.8) is 0 Å². The zero-order chi connectivity index (χ0) is 70.2. The van der Waals surface area contributed by atoms with Gasteiger partial charge in [0.15, 0.2) is 5.82 Å². The van der Waals surface area contributed by atoms with E-state index in [4.69, 9.17) is 58.6 Å². The van der Waals surface area contributed by atoms with E-state index in [1.165, 1.54) is 41.9 Å². The Bertz CT molecular complexity index is 4820. The van der Waals surface area contributed by atoms with Crippen molar-refractivity contribution in [2.45, 2.75) is 88.5 Å². The first-order valence-corrected chi connectivity index (χ1v) is 37.1. The molecule has 22 heteroatoms. The van der Waals surface area contributed by atoms with Crippen molar-refractivity contribution in [2.24, 2.45) is 0 Å². The molecule has 99 heavy (non-hydrogen) atoms. The molecule has 3 aromatic heterocycles. The number of methoxy groups -OCH3 is 2. The Morgan fingerprint density at radius 3 is 2.01 bits per heavy atom. The van der Waals surface area contributed by atoms with Gasteiger partial charge in [-0.05, 0) is 156 Å². The van der Waals surface area contributed by atoms with Gasteiger partial charge in [0.2, 0.25) is 20.3 Å². The van der Waals surface area contributed by atoms with E-state index in [-0.39, 0.29) is 46.2 Å². The summed E-state index contributed by atoms with van der Waals surface area (Å²) < 4.78 is 94.1. The number of thiophene rings is 1. The topological polar surface area (TPSA) is 221 Å². The van der Waals surface area contributed by atoms with Crippen LogP contribution < -0.4 is 28.1 Å². The lowest BCUT2D eigenvalue weighted by Gasteiger charge is -2.37. The molecule has 0 spiro atoms. The minimum atomic E-state index is -4.38. The van der Waals surface area contributed by atoms with Crippen molar-refractivity contribution < 1.29 is 59.7 Å². The summed E-state index contributed by atoms with van der Waals surface area (Å²) in [5.74, 6) is 0.665. The van der Waals surface area contributed by atoms with Crippen LogP contribution in [0.2, 0.25) is 23.2 Å². The zero-order valence-electron chi connectivity index (χ0n) is 55.8. The van der Waals surface area contributed by atoms with Gasteiger partial charge in [-0.15, -0.1) is 11.3 Å². The number of rotatable bonds is 27. The number of fused-ring (bicyclic) bond motifs is 1. The van der Waals surface area contributed by atoms with E-state index in [0.29, 0.717) is 99.7 Å². The molecule has 2 atom stereocenters. The van der Waals surface area contributed by atoms with Gasteiger partial charge >= 0.3 is 5.97 Å². The monoisotopic (exact) mass is 1400 g/mol. The average Bonchev–Trinajstić information content (AvgIpc) is 1.71. The maximum absolute atomic E-state index is 14.8. The lowest BCUT2D eigenvalue weighted by molar-refractivity contribution is -0.145. The number of aliphatic carboxylic acids is 1. The SMILES string of the molecule is COc1ccc(C(OC[C@H](COS(=O)(=O)c2ccc(C)cc2)Oc2ccc(-c3c(-c4ccc(F)cc4)sc4ncnc(O[C@H](Cc5cc(O[Si](C)(C)C(C)(C)C)ccc5OCc5ccnc(-c6ccccc6C#N)n5)C(=O)O)c34)c(C)c2Cl)(c2ccccc2)c2ccc(OC)cc2)cc1. The minimum Gasteiger partial charge on any atom is -0.543 e. The molecule has 0 aliphatic rings. The summed E-state index contributed by atoms with van der Waals surface area (Å²) in [5.41, 5.74) is 5.60. The van der Waals surface area contributed by atoms with Crippen LogP contribution in [0.3, 0.4) is 0 Å².